The fourth-order valence-electron chi connectivity index (χ4n) is 3.60. The number of hydrogen-bond donors (Lipinski definition) is 1. The minimum Gasteiger partial charge on any atom is -0.339 e. The van der Waals surface area contributed by atoms with Crippen molar-refractivity contribution in [2.24, 2.45) is 0 Å². The summed E-state index contributed by atoms with van der Waals surface area (Å²) in [6, 6.07) is 20.3. The van der Waals surface area contributed by atoms with Crippen LogP contribution in [-0.2, 0) is 27.8 Å². The Morgan fingerprint density at radius 1 is 1.00 bits per heavy atom. The Hall–Kier alpha value is -3.05. The summed E-state index contributed by atoms with van der Waals surface area (Å²) in [6.45, 7) is 3.61. The largest absolute Gasteiger partial charge is 0.339 e. The quantitative estimate of drug-likeness (QED) is 0.233. The Morgan fingerprint density at radius 2 is 1.63 bits per heavy atom. The highest BCUT2D eigenvalue weighted by molar-refractivity contribution is 9.10. The summed E-state index contributed by atoms with van der Waals surface area (Å²) in [7, 11) is -3.98. The van der Waals surface area contributed by atoms with Gasteiger partial charge in [0, 0.05) is 34.1 Å². The number of anilines is 1. The molecule has 0 aliphatic heterocycles. The Balaban J connectivity index is 1.47. The monoisotopic (exact) mass is 616 g/mol. The maximum Gasteiger partial charge on any atom is 0.243 e. The molecule has 3 aromatic carbocycles. The fourth-order valence-corrected chi connectivity index (χ4v) is 5.37. The molecule has 0 fully saturated rings. The van der Waals surface area contributed by atoms with Gasteiger partial charge in [0.05, 0.1) is 11.4 Å². The number of aromatic nitrogens is 2. The van der Waals surface area contributed by atoms with E-state index in [2.05, 4.69) is 31.4 Å². The highest BCUT2D eigenvalue weighted by Crippen LogP contribution is 2.22. The lowest BCUT2D eigenvalue weighted by atomic mass is 10.1. The average molecular weight is 618 g/mol. The van der Waals surface area contributed by atoms with Gasteiger partial charge in [-0.2, -0.15) is 9.29 Å². The van der Waals surface area contributed by atoms with Gasteiger partial charge in [0.1, 0.15) is 0 Å². The molecule has 0 atom stereocenters. The third kappa shape index (κ3) is 7.28. The van der Waals surface area contributed by atoms with Crippen LogP contribution in [-0.4, -0.2) is 35.3 Å². The van der Waals surface area contributed by atoms with Crippen LogP contribution in [0.5, 0.6) is 0 Å². The van der Waals surface area contributed by atoms with Crippen LogP contribution >= 0.6 is 27.5 Å². The SMILES string of the molecule is CC(C)c1nc(Cc2ccc(NC(=O)CN(Cc3ccc(Br)cc3)S(=O)(=O)c3ccc(Cl)cc3)cc2)no1. The predicted octanol–water partition coefficient (Wildman–Crippen LogP) is 6.03. The molecule has 0 aliphatic carbocycles. The maximum absolute atomic E-state index is 13.4. The Kier molecular flexibility index (Phi) is 8.99. The van der Waals surface area contributed by atoms with Gasteiger partial charge in [-0.25, -0.2) is 8.42 Å². The molecule has 38 heavy (non-hydrogen) atoms. The molecular formula is C27H26BrClN4O4S. The second kappa shape index (κ2) is 12.2. The number of nitrogens with one attached hydrogen (secondary N) is 1. The van der Waals surface area contributed by atoms with Crippen LogP contribution in [0.4, 0.5) is 5.69 Å². The van der Waals surface area contributed by atoms with Gasteiger partial charge >= 0.3 is 0 Å². The van der Waals surface area contributed by atoms with Gasteiger partial charge < -0.3 is 9.84 Å². The van der Waals surface area contributed by atoms with Gasteiger partial charge in [-0.3, -0.25) is 4.79 Å². The zero-order valence-corrected chi connectivity index (χ0v) is 23.9. The van der Waals surface area contributed by atoms with Crippen LogP contribution in [0, 0.1) is 0 Å². The van der Waals surface area contributed by atoms with E-state index >= 15 is 0 Å². The molecule has 8 nitrogen and oxygen atoms in total. The van der Waals surface area contributed by atoms with Gasteiger partial charge in [-0.1, -0.05) is 70.8 Å². The van der Waals surface area contributed by atoms with Crippen molar-refractivity contribution in [3.05, 3.63) is 105 Å². The highest BCUT2D eigenvalue weighted by Gasteiger charge is 2.27. The molecule has 198 valence electrons. The van der Waals surface area contributed by atoms with Crippen LogP contribution < -0.4 is 5.32 Å². The van der Waals surface area contributed by atoms with Gasteiger partial charge in [0.2, 0.25) is 21.8 Å². The Morgan fingerprint density at radius 3 is 2.24 bits per heavy atom. The molecule has 0 bridgehead atoms. The molecule has 0 radical (unpaired) electrons. The van der Waals surface area contributed by atoms with Gasteiger partial charge in [-0.15, -0.1) is 0 Å². The first-order valence-corrected chi connectivity index (χ1v) is 14.4. The number of rotatable bonds is 10. The molecule has 0 aliphatic rings. The second-order valence-electron chi connectivity index (χ2n) is 8.98. The lowest BCUT2D eigenvalue weighted by Gasteiger charge is -2.22. The van der Waals surface area contributed by atoms with Crippen molar-refractivity contribution in [2.75, 3.05) is 11.9 Å². The molecule has 1 aromatic heterocycles. The van der Waals surface area contributed by atoms with Crippen molar-refractivity contribution in [3.63, 3.8) is 0 Å². The normalized spacial score (nSPS) is 11.7. The topological polar surface area (TPSA) is 105 Å². The summed E-state index contributed by atoms with van der Waals surface area (Å²) in [6.07, 6.45) is 0.491. The minimum absolute atomic E-state index is 0.0215. The predicted molar refractivity (Wildman–Crippen MR) is 149 cm³/mol. The van der Waals surface area contributed by atoms with Crippen molar-refractivity contribution >= 4 is 49.1 Å². The van der Waals surface area contributed by atoms with E-state index in [1.165, 1.54) is 24.3 Å². The number of carbonyl (C=O) groups excluding carboxylic acids is 1. The first-order valence-electron chi connectivity index (χ1n) is 11.8. The van der Waals surface area contributed by atoms with E-state index in [1.807, 2.05) is 38.1 Å². The summed E-state index contributed by atoms with van der Waals surface area (Å²) >= 11 is 9.32. The number of halogens is 2. The Bertz CT molecular complexity index is 1490. The van der Waals surface area contributed by atoms with Crippen molar-refractivity contribution < 1.29 is 17.7 Å². The number of benzene rings is 3. The number of nitrogens with zero attached hydrogens (tertiary/aromatic N) is 3. The fraction of sp³-hybridized carbons (Fsp3) is 0.222. The lowest BCUT2D eigenvalue weighted by Crippen LogP contribution is -2.37. The zero-order chi connectivity index (χ0) is 27.3. The third-order valence-electron chi connectivity index (χ3n) is 5.62. The third-order valence-corrected chi connectivity index (χ3v) is 8.21. The average Bonchev–Trinajstić information content (AvgIpc) is 3.35. The molecule has 4 aromatic rings. The molecule has 0 saturated carbocycles. The number of sulfonamides is 1. The summed E-state index contributed by atoms with van der Waals surface area (Å²) in [4.78, 5) is 17.4. The van der Waals surface area contributed by atoms with E-state index in [9.17, 15) is 13.2 Å². The maximum atomic E-state index is 13.4. The smallest absolute Gasteiger partial charge is 0.243 e. The molecule has 11 heteroatoms. The molecule has 1 amide bonds. The van der Waals surface area contributed by atoms with E-state index in [-0.39, 0.29) is 23.9 Å². The van der Waals surface area contributed by atoms with Gasteiger partial charge in [0.15, 0.2) is 5.82 Å². The molecule has 0 unspecified atom stereocenters. The molecular weight excluding hydrogens is 592 g/mol. The van der Waals surface area contributed by atoms with Crippen LogP contribution in [0.3, 0.4) is 0 Å². The van der Waals surface area contributed by atoms with Crippen molar-refractivity contribution in [2.45, 2.75) is 37.6 Å². The summed E-state index contributed by atoms with van der Waals surface area (Å²) in [5.41, 5.74) is 2.23. The summed E-state index contributed by atoms with van der Waals surface area (Å²) in [5.74, 6) is 0.861. The summed E-state index contributed by atoms with van der Waals surface area (Å²) < 4.78 is 34.1. The van der Waals surface area contributed by atoms with Crippen LogP contribution in [0.25, 0.3) is 0 Å². The van der Waals surface area contributed by atoms with E-state index in [0.717, 1.165) is 19.9 Å². The van der Waals surface area contributed by atoms with Crippen molar-refractivity contribution in [1.82, 2.24) is 14.4 Å². The van der Waals surface area contributed by atoms with Crippen LogP contribution in [0.1, 0.15) is 42.6 Å². The van der Waals surface area contributed by atoms with E-state index in [1.54, 1.807) is 24.3 Å². The molecule has 0 spiro atoms. The van der Waals surface area contributed by atoms with E-state index < -0.39 is 15.9 Å². The zero-order valence-electron chi connectivity index (χ0n) is 20.8. The minimum atomic E-state index is -3.98. The van der Waals surface area contributed by atoms with Crippen LogP contribution in [0.2, 0.25) is 5.02 Å². The van der Waals surface area contributed by atoms with Gasteiger partial charge in [0.25, 0.3) is 0 Å². The van der Waals surface area contributed by atoms with Gasteiger partial charge in [-0.05, 0) is 59.7 Å². The first-order chi connectivity index (χ1) is 18.1. The molecule has 1 heterocycles. The van der Waals surface area contributed by atoms with Crippen molar-refractivity contribution in [3.8, 4) is 0 Å². The standard InChI is InChI=1S/C27H26BrClN4O4S/c1-18(2)27-31-25(32-37-27)15-19-5-11-23(12-6-19)30-26(34)17-33(16-20-3-7-21(28)8-4-20)38(35,36)24-13-9-22(29)10-14-24/h3-14,18H,15-17H2,1-2H3,(H,30,34). The van der Waals surface area contributed by atoms with E-state index in [4.69, 9.17) is 16.1 Å². The molecule has 4 rings (SSSR count). The Labute approximate surface area is 235 Å². The lowest BCUT2D eigenvalue weighted by molar-refractivity contribution is -0.116. The van der Waals surface area contributed by atoms with Crippen LogP contribution in [0.15, 0.2) is 86.7 Å². The molecule has 0 saturated heterocycles. The first kappa shape index (κ1) is 28.0. The molecule has 1 N–H and O–H groups in total. The number of carbonyl (C=O) groups is 1. The van der Waals surface area contributed by atoms with E-state index in [0.29, 0.717) is 28.8 Å². The second-order valence-corrected chi connectivity index (χ2v) is 12.3. The highest BCUT2D eigenvalue weighted by atomic mass is 79.9. The number of amides is 1. The summed E-state index contributed by atoms with van der Waals surface area (Å²) in [5, 5.41) is 7.21. The number of hydrogen-bond acceptors (Lipinski definition) is 6. The van der Waals surface area contributed by atoms with Crippen molar-refractivity contribution in [1.29, 1.82) is 0 Å².